The van der Waals surface area contributed by atoms with Crippen molar-refractivity contribution in [2.24, 2.45) is 5.92 Å². The van der Waals surface area contributed by atoms with Crippen molar-refractivity contribution in [1.82, 2.24) is 4.90 Å². The lowest BCUT2D eigenvalue weighted by molar-refractivity contribution is -0.128. The molecule has 3 atom stereocenters. The molecule has 2 saturated heterocycles. The van der Waals surface area contributed by atoms with Crippen LogP contribution < -0.4 is 0 Å². The number of hydrogen-bond donors (Lipinski definition) is 0. The van der Waals surface area contributed by atoms with Gasteiger partial charge in [0.25, 0.3) is 0 Å². The summed E-state index contributed by atoms with van der Waals surface area (Å²) in [6, 6.07) is 1.94. The molecule has 3 aliphatic rings. The van der Waals surface area contributed by atoms with Gasteiger partial charge in [0.2, 0.25) is 0 Å². The van der Waals surface area contributed by atoms with Gasteiger partial charge in [0, 0.05) is 31.0 Å². The Morgan fingerprint density at radius 1 is 1.13 bits per heavy atom. The highest BCUT2D eigenvalue weighted by molar-refractivity contribution is 5.80. The summed E-state index contributed by atoms with van der Waals surface area (Å²) in [6.45, 7) is 2.39. The van der Waals surface area contributed by atoms with Crippen LogP contribution >= 0.6 is 0 Å². The molecule has 0 N–H and O–H groups in total. The first-order valence-corrected chi connectivity index (χ1v) is 6.55. The van der Waals surface area contributed by atoms with Gasteiger partial charge in [-0.3, -0.25) is 9.69 Å². The lowest BCUT2D eigenvalue weighted by atomic mass is 9.82. The second-order valence-electron chi connectivity index (χ2n) is 5.71. The van der Waals surface area contributed by atoms with Crippen molar-refractivity contribution >= 4 is 5.78 Å². The van der Waals surface area contributed by atoms with Crippen molar-refractivity contribution in [1.29, 1.82) is 0 Å². The van der Waals surface area contributed by atoms with Crippen LogP contribution in [0.2, 0.25) is 0 Å². The van der Waals surface area contributed by atoms with Gasteiger partial charge in [-0.05, 0) is 38.5 Å². The van der Waals surface area contributed by atoms with Crippen LogP contribution in [-0.2, 0) is 4.79 Å². The second-order valence-corrected chi connectivity index (χ2v) is 5.71. The van der Waals surface area contributed by atoms with Crippen LogP contribution in [0.4, 0.5) is 0 Å². The van der Waals surface area contributed by atoms with Crippen LogP contribution in [0.25, 0.3) is 0 Å². The summed E-state index contributed by atoms with van der Waals surface area (Å²) in [4.78, 5) is 14.3. The molecule has 2 aliphatic heterocycles. The van der Waals surface area contributed by atoms with E-state index in [0.717, 1.165) is 24.8 Å². The Kier molecular flexibility index (Phi) is 2.35. The van der Waals surface area contributed by atoms with Crippen LogP contribution in [0.3, 0.4) is 0 Å². The Balaban J connectivity index is 1.78. The Labute approximate surface area is 92.0 Å². The average molecular weight is 207 g/mol. The highest BCUT2D eigenvalue weighted by atomic mass is 16.1. The Morgan fingerprint density at radius 3 is 2.27 bits per heavy atom. The van der Waals surface area contributed by atoms with Crippen LogP contribution in [-0.4, -0.2) is 28.8 Å². The van der Waals surface area contributed by atoms with Gasteiger partial charge in [-0.25, -0.2) is 0 Å². The molecule has 0 spiro atoms. The molecule has 0 amide bonds. The van der Waals surface area contributed by atoms with E-state index in [1.807, 2.05) is 0 Å². The zero-order valence-corrected chi connectivity index (χ0v) is 9.61. The zero-order chi connectivity index (χ0) is 10.4. The smallest absolute Gasteiger partial charge is 0.136 e. The minimum absolute atomic E-state index is 0.518. The predicted molar refractivity (Wildman–Crippen MR) is 59.7 cm³/mol. The van der Waals surface area contributed by atoms with Gasteiger partial charge in [-0.2, -0.15) is 0 Å². The van der Waals surface area contributed by atoms with Crippen molar-refractivity contribution in [3.05, 3.63) is 0 Å². The summed E-state index contributed by atoms with van der Waals surface area (Å²) in [5, 5.41) is 0. The average Bonchev–Trinajstić information content (AvgIpc) is 2.98. The van der Waals surface area contributed by atoms with Crippen LogP contribution in [0, 0.1) is 5.92 Å². The van der Waals surface area contributed by atoms with Crippen molar-refractivity contribution in [3.63, 3.8) is 0 Å². The van der Waals surface area contributed by atoms with E-state index in [-0.39, 0.29) is 0 Å². The number of Topliss-reactive ketones (excluding diaryl/α,β-unsaturated/α-hetero) is 1. The van der Waals surface area contributed by atoms with Crippen molar-refractivity contribution in [2.45, 2.75) is 70.0 Å². The fourth-order valence-corrected chi connectivity index (χ4v) is 3.70. The van der Waals surface area contributed by atoms with Gasteiger partial charge in [0.1, 0.15) is 5.78 Å². The van der Waals surface area contributed by atoms with Gasteiger partial charge in [-0.1, -0.05) is 6.42 Å². The third-order valence-corrected chi connectivity index (χ3v) is 4.62. The first-order valence-electron chi connectivity index (χ1n) is 6.55. The molecule has 0 radical (unpaired) electrons. The largest absolute Gasteiger partial charge is 0.300 e. The third kappa shape index (κ3) is 1.73. The molecule has 2 heteroatoms. The lowest BCUT2D eigenvalue weighted by Gasteiger charge is -2.48. The molecule has 3 fully saturated rings. The maximum Gasteiger partial charge on any atom is 0.136 e. The molecule has 0 aromatic heterocycles. The number of ketones is 1. The number of carbonyl (C=O) groups excluding carboxylic acids is 1. The van der Waals surface area contributed by atoms with Crippen molar-refractivity contribution in [2.75, 3.05) is 0 Å². The Bertz CT molecular complexity index is 256. The standard InChI is InChI=1S/C13H21NO/c1-9(10-5-6-10)14-11-3-2-4-12(14)8-13(15)7-11/h9-12H,2-8H2,1H3. The summed E-state index contributed by atoms with van der Waals surface area (Å²) >= 11 is 0. The monoisotopic (exact) mass is 207 g/mol. The Hall–Kier alpha value is -0.370. The van der Waals surface area contributed by atoms with Crippen LogP contribution in [0.1, 0.15) is 51.9 Å². The zero-order valence-electron chi connectivity index (χ0n) is 9.61. The molecular formula is C13H21NO. The van der Waals surface area contributed by atoms with E-state index in [4.69, 9.17) is 0 Å². The molecule has 84 valence electrons. The number of hydrogen-bond acceptors (Lipinski definition) is 2. The highest BCUT2D eigenvalue weighted by Gasteiger charge is 2.43. The fourth-order valence-electron chi connectivity index (χ4n) is 3.70. The number of nitrogens with zero attached hydrogens (tertiary/aromatic N) is 1. The summed E-state index contributed by atoms with van der Waals surface area (Å²) in [5.41, 5.74) is 0. The topological polar surface area (TPSA) is 20.3 Å². The van der Waals surface area contributed by atoms with E-state index in [0.29, 0.717) is 17.9 Å². The minimum atomic E-state index is 0.518. The highest BCUT2D eigenvalue weighted by Crippen LogP contribution is 2.41. The first-order chi connectivity index (χ1) is 7.25. The molecule has 3 rings (SSSR count). The first kappa shape index (κ1) is 9.83. The molecule has 0 aromatic carbocycles. The van der Waals surface area contributed by atoms with Crippen molar-refractivity contribution < 1.29 is 4.79 Å². The SMILES string of the molecule is CC(C1CC1)N1C2CCCC1CC(=O)C2. The predicted octanol–water partition coefficient (Wildman–Crippen LogP) is 2.37. The third-order valence-electron chi connectivity index (χ3n) is 4.62. The minimum Gasteiger partial charge on any atom is -0.300 e. The molecule has 3 unspecified atom stereocenters. The molecule has 1 saturated carbocycles. The molecular weight excluding hydrogens is 186 g/mol. The maximum atomic E-state index is 11.6. The van der Waals surface area contributed by atoms with E-state index < -0.39 is 0 Å². The van der Waals surface area contributed by atoms with Crippen LogP contribution in [0.15, 0.2) is 0 Å². The van der Waals surface area contributed by atoms with Crippen LogP contribution in [0.5, 0.6) is 0 Å². The van der Waals surface area contributed by atoms with E-state index >= 15 is 0 Å². The number of carbonyl (C=O) groups is 1. The molecule has 2 heterocycles. The normalized spacial score (nSPS) is 39.1. The Morgan fingerprint density at radius 2 is 1.73 bits per heavy atom. The van der Waals surface area contributed by atoms with E-state index in [1.165, 1.54) is 32.1 Å². The van der Waals surface area contributed by atoms with E-state index in [2.05, 4.69) is 11.8 Å². The summed E-state index contributed by atoms with van der Waals surface area (Å²) in [7, 11) is 0. The fraction of sp³-hybridized carbons (Fsp3) is 0.923. The summed E-state index contributed by atoms with van der Waals surface area (Å²) < 4.78 is 0. The molecule has 2 bridgehead atoms. The van der Waals surface area contributed by atoms with E-state index in [1.54, 1.807) is 0 Å². The quantitative estimate of drug-likeness (QED) is 0.693. The van der Waals surface area contributed by atoms with Gasteiger partial charge in [0.05, 0.1) is 0 Å². The maximum absolute atomic E-state index is 11.6. The summed E-state index contributed by atoms with van der Waals surface area (Å²) in [5.74, 6) is 1.46. The van der Waals surface area contributed by atoms with Gasteiger partial charge in [0.15, 0.2) is 0 Å². The van der Waals surface area contributed by atoms with Gasteiger partial charge >= 0.3 is 0 Å². The number of piperidine rings is 2. The molecule has 2 nitrogen and oxygen atoms in total. The van der Waals surface area contributed by atoms with Crippen molar-refractivity contribution in [3.8, 4) is 0 Å². The van der Waals surface area contributed by atoms with Gasteiger partial charge in [-0.15, -0.1) is 0 Å². The summed E-state index contributed by atoms with van der Waals surface area (Å²) in [6.07, 6.45) is 8.40. The van der Waals surface area contributed by atoms with Gasteiger partial charge < -0.3 is 0 Å². The van der Waals surface area contributed by atoms with E-state index in [9.17, 15) is 4.79 Å². The number of fused-ring (bicyclic) bond motifs is 2. The molecule has 0 aromatic rings. The second kappa shape index (κ2) is 3.58. The number of rotatable bonds is 2. The molecule has 1 aliphatic carbocycles. The lowest BCUT2D eigenvalue weighted by Crippen LogP contribution is -2.56. The molecule has 15 heavy (non-hydrogen) atoms.